The molecule has 1 N–H and O–H groups in total. The van der Waals surface area contributed by atoms with E-state index in [9.17, 15) is 0 Å². The van der Waals surface area contributed by atoms with Gasteiger partial charge in [0.05, 0.1) is 0 Å². The topological polar surface area (TPSA) is 15.8 Å². The Labute approximate surface area is 85.3 Å². The minimum atomic E-state index is 1.10. The number of rotatable bonds is 1. The van der Waals surface area contributed by atoms with Gasteiger partial charge in [0.1, 0.15) is 0 Å². The average molecular weight is 271 g/mol. The highest BCUT2D eigenvalue weighted by molar-refractivity contribution is 14.1. The maximum Gasteiger partial charge on any atom is 0.0457 e. The molecule has 0 amide bonds. The molecule has 2 heteroatoms. The maximum atomic E-state index is 3.26. The third kappa shape index (κ3) is 1.24. The van der Waals surface area contributed by atoms with E-state index < -0.39 is 0 Å². The average Bonchev–Trinajstić information content (AvgIpc) is 2.46. The van der Waals surface area contributed by atoms with E-state index in [1.54, 1.807) is 0 Å². The Kier molecular flexibility index (Phi) is 2.09. The lowest BCUT2D eigenvalue weighted by atomic mass is 10.1. The molecule has 1 aromatic heterocycles. The van der Waals surface area contributed by atoms with Crippen molar-refractivity contribution in [2.24, 2.45) is 0 Å². The summed E-state index contributed by atoms with van der Waals surface area (Å²) in [6.45, 7) is 2.18. The number of halogens is 1. The van der Waals surface area contributed by atoms with Crippen LogP contribution < -0.4 is 0 Å². The van der Waals surface area contributed by atoms with Crippen molar-refractivity contribution in [1.29, 1.82) is 0 Å². The van der Waals surface area contributed by atoms with Gasteiger partial charge < -0.3 is 4.98 Å². The zero-order chi connectivity index (χ0) is 8.55. The molecule has 0 unspecified atom stereocenters. The SMILES string of the molecule is CCc1c[nH]c2ccc(I)cc12. The second-order valence-electron chi connectivity index (χ2n) is 2.86. The van der Waals surface area contributed by atoms with Gasteiger partial charge in [-0.15, -0.1) is 0 Å². The van der Waals surface area contributed by atoms with Crippen LogP contribution in [0.5, 0.6) is 0 Å². The van der Waals surface area contributed by atoms with E-state index in [1.807, 2.05) is 0 Å². The number of hydrogen-bond donors (Lipinski definition) is 1. The van der Waals surface area contributed by atoms with Crippen molar-refractivity contribution in [3.05, 3.63) is 33.5 Å². The second kappa shape index (κ2) is 3.09. The molecule has 2 rings (SSSR count). The van der Waals surface area contributed by atoms with Crippen LogP contribution in [0.2, 0.25) is 0 Å². The third-order valence-corrected chi connectivity index (χ3v) is 2.78. The van der Waals surface area contributed by atoms with Gasteiger partial charge in [-0.05, 0) is 52.8 Å². The number of fused-ring (bicyclic) bond motifs is 1. The number of H-pyrrole nitrogens is 1. The third-order valence-electron chi connectivity index (χ3n) is 2.11. The lowest BCUT2D eigenvalue weighted by Crippen LogP contribution is -1.76. The molecule has 0 spiro atoms. The van der Waals surface area contributed by atoms with E-state index in [0.717, 1.165) is 6.42 Å². The largest absolute Gasteiger partial charge is 0.361 e. The summed E-state index contributed by atoms with van der Waals surface area (Å²) in [7, 11) is 0. The normalized spacial score (nSPS) is 10.8. The van der Waals surface area contributed by atoms with Crippen molar-refractivity contribution in [2.45, 2.75) is 13.3 Å². The zero-order valence-corrected chi connectivity index (χ0v) is 9.05. The van der Waals surface area contributed by atoms with Crippen molar-refractivity contribution in [2.75, 3.05) is 0 Å². The molecule has 1 heterocycles. The van der Waals surface area contributed by atoms with Gasteiger partial charge in [-0.1, -0.05) is 6.92 Å². The lowest BCUT2D eigenvalue weighted by molar-refractivity contribution is 1.15. The molecule has 0 bridgehead atoms. The van der Waals surface area contributed by atoms with E-state index in [4.69, 9.17) is 0 Å². The molecule has 1 aromatic carbocycles. The van der Waals surface area contributed by atoms with Gasteiger partial charge in [0, 0.05) is 20.7 Å². The van der Waals surface area contributed by atoms with Crippen LogP contribution in [0.3, 0.4) is 0 Å². The first-order chi connectivity index (χ1) is 5.81. The van der Waals surface area contributed by atoms with Crippen LogP contribution in [0.15, 0.2) is 24.4 Å². The first-order valence-corrected chi connectivity index (χ1v) is 5.14. The van der Waals surface area contributed by atoms with Gasteiger partial charge in [-0.3, -0.25) is 0 Å². The number of nitrogens with one attached hydrogen (secondary N) is 1. The molecule has 0 aliphatic rings. The molecule has 0 saturated carbocycles. The van der Waals surface area contributed by atoms with Crippen molar-refractivity contribution in [3.63, 3.8) is 0 Å². The van der Waals surface area contributed by atoms with Crippen molar-refractivity contribution in [3.8, 4) is 0 Å². The van der Waals surface area contributed by atoms with Gasteiger partial charge in [0.15, 0.2) is 0 Å². The molecule has 0 aliphatic carbocycles. The smallest absolute Gasteiger partial charge is 0.0457 e. The summed E-state index contributed by atoms with van der Waals surface area (Å²) in [4.78, 5) is 3.26. The number of hydrogen-bond acceptors (Lipinski definition) is 0. The standard InChI is InChI=1S/C10H10IN/c1-2-7-6-12-10-4-3-8(11)5-9(7)10/h3-6,12H,2H2,1H3. The van der Waals surface area contributed by atoms with Crippen LogP contribution in [-0.2, 0) is 6.42 Å². The molecular weight excluding hydrogens is 261 g/mol. The van der Waals surface area contributed by atoms with Crippen LogP contribution in [0.25, 0.3) is 10.9 Å². The summed E-state index contributed by atoms with van der Waals surface area (Å²) in [5.41, 5.74) is 2.65. The number of aromatic amines is 1. The minimum absolute atomic E-state index is 1.10. The van der Waals surface area contributed by atoms with E-state index in [2.05, 4.69) is 58.9 Å². The Balaban J connectivity index is 2.75. The second-order valence-corrected chi connectivity index (χ2v) is 4.10. The summed E-state index contributed by atoms with van der Waals surface area (Å²) in [6, 6.07) is 6.49. The quantitative estimate of drug-likeness (QED) is 0.766. The Morgan fingerprint density at radius 2 is 2.25 bits per heavy atom. The fourth-order valence-electron chi connectivity index (χ4n) is 1.44. The molecule has 0 saturated heterocycles. The Morgan fingerprint density at radius 3 is 3.00 bits per heavy atom. The number of benzene rings is 1. The van der Waals surface area contributed by atoms with Gasteiger partial charge in [-0.2, -0.15) is 0 Å². The summed E-state index contributed by atoms with van der Waals surface area (Å²) >= 11 is 2.34. The molecule has 12 heavy (non-hydrogen) atoms. The van der Waals surface area contributed by atoms with Gasteiger partial charge in [-0.25, -0.2) is 0 Å². The molecule has 62 valence electrons. The molecule has 0 fully saturated rings. The molecule has 2 aromatic rings. The highest BCUT2D eigenvalue weighted by atomic mass is 127. The van der Waals surface area contributed by atoms with Crippen LogP contribution >= 0.6 is 22.6 Å². The summed E-state index contributed by atoms with van der Waals surface area (Å²) in [5.74, 6) is 0. The Bertz CT molecular complexity index is 403. The van der Waals surface area contributed by atoms with Crippen LogP contribution in [-0.4, -0.2) is 4.98 Å². The van der Waals surface area contributed by atoms with E-state index >= 15 is 0 Å². The number of aromatic nitrogens is 1. The number of aryl methyl sites for hydroxylation is 1. The minimum Gasteiger partial charge on any atom is -0.361 e. The molecule has 1 nitrogen and oxygen atoms in total. The first-order valence-electron chi connectivity index (χ1n) is 4.07. The summed E-state index contributed by atoms with van der Waals surface area (Å²) in [6.07, 6.45) is 3.20. The van der Waals surface area contributed by atoms with Gasteiger partial charge >= 0.3 is 0 Å². The van der Waals surface area contributed by atoms with Crippen LogP contribution in [0.4, 0.5) is 0 Å². The summed E-state index contributed by atoms with van der Waals surface area (Å²) in [5, 5.41) is 1.37. The van der Waals surface area contributed by atoms with Gasteiger partial charge in [0.25, 0.3) is 0 Å². The van der Waals surface area contributed by atoms with Gasteiger partial charge in [0.2, 0.25) is 0 Å². The first kappa shape index (κ1) is 8.10. The highest BCUT2D eigenvalue weighted by Crippen LogP contribution is 2.20. The van der Waals surface area contributed by atoms with Crippen LogP contribution in [0.1, 0.15) is 12.5 Å². The van der Waals surface area contributed by atoms with Crippen LogP contribution in [0, 0.1) is 3.57 Å². The fourth-order valence-corrected chi connectivity index (χ4v) is 1.93. The fraction of sp³-hybridized carbons (Fsp3) is 0.200. The molecule has 0 radical (unpaired) electrons. The maximum absolute atomic E-state index is 3.26. The van der Waals surface area contributed by atoms with E-state index in [0.29, 0.717) is 0 Å². The predicted molar refractivity (Wildman–Crippen MR) is 60.4 cm³/mol. The summed E-state index contributed by atoms with van der Waals surface area (Å²) < 4.78 is 1.30. The molecular formula is C10H10IN. The van der Waals surface area contributed by atoms with Crippen molar-refractivity contribution in [1.82, 2.24) is 4.98 Å². The Hall–Kier alpha value is -0.510. The Morgan fingerprint density at radius 1 is 1.42 bits per heavy atom. The highest BCUT2D eigenvalue weighted by Gasteiger charge is 2.00. The van der Waals surface area contributed by atoms with E-state index in [-0.39, 0.29) is 0 Å². The van der Waals surface area contributed by atoms with Crippen molar-refractivity contribution < 1.29 is 0 Å². The van der Waals surface area contributed by atoms with Crippen molar-refractivity contribution >= 4 is 33.5 Å². The monoisotopic (exact) mass is 271 g/mol. The lowest BCUT2D eigenvalue weighted by Gasteiger charge is -1.94. The zero-order valence-electron chi connectivity index (χ0n) is 6.89. The molecule has 0 aliphatic heterocycles. The van der Waals surface area contributed by atoms with E-state index in [1.165, 1.54) is 20.0 Å². The molecule has 0 atom stereocenters. The predicted octanol–water partition coefficient (Wildman–Crippen LogP) is 3.33.